The Labute approximate surface area is 77.1 Å². The minimum Gasteiger partial charge on any atom is -0.0853 e. The maximum absolute atomic E-state index is 3.88. The van der Waals surface area contributed by atoms with Gasteiger partial charge in [0.2, 0.25) is 0 Å². The molecular weight excluding hydrogens is 144 g/mol. The van der Waals surface area contributed by atoms with Crippen LogP contribution < -0.4 is 0 Å². The van der Waals surface area contributed by atoms with Gasteiger partial charge < -0.3 is 0 Å². The third kappa shape index (κ3) is 3.94. The van der Waals surface area contributed by atoms with Crippen molar-refractivity contribution in [3.63, 3.8) is 0 Å². The van der Waals surface area contributed by atoms with Gasteiger partial charge in [0, 0.05) is 0 Å². The predicted octanol–water partition coefficient (Wildman–Crippen LogP) is 4.27. The van der Waals surface area contributed by atoms with Crippen molar-refractivity contribution in [2.75, 3.05) is 0 Å². The Morgan fingerprint density at radius 1 is 1.17 bits per heavy atom. The third-order valence-corrected chi connectivity index (χ3v) is 2.63. The van der Waals surface area contributed by atoms with Crippen molar-refractivity contribution in [2.24, 2.45) is 0 Å². The first-order valence-electron chi connectivity index (χ1n) is 5.40. The zero-order valence-electron chi connectivity index (χ0n) is 8.15. The Bertz CT molecular complexity index is 133. The second-order valence-corrected chi connectivity index (χ2v) is 3.77. The van der Waals surface area contributed by atoms with Crippen molar-refractivity contribution in [1.29, 1.82) is 0 Å². The van der Waals surface area contributed by atoms with Gasteiger partial charge in [-0.25, -0.2) is 0 Å². The fraction of sp³-hybridized carbons (Fsp3) is 0.750. The normalized spacial score (nSPS) is 23.9. The van der Waals surface area contributed by atoms with Crippen molar-refractivity contribution < 1.29 is 0 Å². The average Bonchev–Trinajstić information content (AvgIpc) is 2.02. The fourth-order valence-electron chi connectivity index (χ4n) is 1.84. The summed E-state index contributed by atoms with van der Waals surface area (Å²) in [6.07, 6.45) is 14.6. The van der Waals surface area contributed by atoms with E-state index in [-0.39, 0.29) is 0 Å². The van der Waals surface area contributed by atoms with Crippen molar-refractivity contribution >= 4 is 0 Å². The largest absolute Gasteiger partial charge is 0.0853 e. The van der Waals surface area contributed by atoms with Crippen LogP contribution in [0.3, 0.4) is 0 Å². The maximum Gasteiger partial charge on any atom is -0.0320 e. The summed E-state index contributed by atoms with van der Waals surface area (Å²) in [7, 11) is 0. The van der Waals surface area contributed by atoms with Gasteiger partial charge in [0.05, 0.1) is 0 Å². The highest BCUT2D eigenvalue weighted by molar-refractivity contribution is 5.02. The molecule has 0 unspecified atom stereocenters. The molecule has 0 fully saturated rings. The lowest BCUT2D eigenvalue weighted by atomic mass is 9.96. The number of hydrogen-bond donors (Lipinski definition) is 0. The molecule has 0 spiro atoms. The van der Waals surface area contributed by atoms with E-state index in [9.17, 15) is 0 Å². The van der Waals surface area contributed by atoms with Crippen LogP contribution in [-0.4, -0.2) is 0 Å². The van der Waals surface area contributed by atoms with Gasteiger partial charge in [-0.2, -0.15) is 0 Å². The molecule has 1 rings (SSSR count). The molecule has 0 N–H and O–H groups in total. The van der Waals surface area contributed by atoms with E-state index in [0.29, 0.717) is 0 Å². The molecule has 0 bridgehead atoms. The highest BCUT2D eigenvalue weighted by atomic mass is 14.1. The molecule has 0 aromatic rings. The van der Waals surface area contributed by atoms with Crippen molar-refractivity contribution in [3.05, 3.63) is 18.6 Å². The standard InChI is InChI=1S/C12H21/c1-2-3-9-12-10-7-5-4-6-8-11-12/h10H,1-9,11H2/b12-10-. The van der Waals surface area contributed by atoms with Crippen molar-refractivity contribution in [1.82, 2.24) is 0 Å². The van der Waals surface area contributed by atoms with Gasteiger partial charge in [-0.1, -0.05) is 37.8 Å². The van der Waals surface area contributed by atoms with Gasteiger partial charge in [-0.3, -0.25) is 0 Å². The Balaban J connectivity index is 2.26. The lowest BCUT2D eigenvalue weighted by Gasteiger charge is -2.10. The van der Waals surface area contributed by atoms with E-state index in [0.717, 1.165) is 6.42 Å². The summed E-state index contributed by atoms with van der Waals surface area (Å²) in [5.41, 5.74) is 1.71. The van der Waals surface area contributed by atoms with Crippen molar-refractivity contribution in [2.45, 2.75) is 57.8 Å². The van der Waals surface area contributed by atoms with Crippen LogP contribution in [0, 0.1) is 6.92 Å². The van der Waals surface area contributed by atoms with Gasteiger partial charge in [0.25, 0.3) is 0 Å². The monoisotopic (exact) mass is 165 g/mol. The predicted molar refractivity (Wildman–Crippen MR) is 55.0 cm³/mol. The molecule has 0 heteroatoms. The molecular formula is C12H21. The SMILES string of the molecule is [CH2]CCC/C1=C/CCCCCC1. The van der Waals surface area contributed by atoms with E-state index < -0.39 is 0 Å². The summed E-state index contributed by atoms with van der Waals surface area (Å²) in [4.78, 5) is 0. The summed E-state index contributed by atoms with van der Waals surface area (Å²) in [6.45, 7) is 3.88. The summed E-state index contributed by atoms with van der Waals surface area (Å²) in [5.74, 6) is 0. The van der Waals surface area contributed by atoms with E-state index in [1.807, 2.05) is 0 Å². The van der Waals surface area contributed by atoms with Crippen LogP contribution in [0.4, 0.5) is 0 Å². The molecule has 0 nitrogen and oxygen atoms in total. The maximum atomic E-state index is 3.88. The zero-order chi connectivity index (χ0) is 8.65. The molecule has 0 heterocycles. The van der Waals surface area contributed by atoms with Crippen LogP contribution in [0.25, 0.3) is 0 Å². The first-order chi connectivity index (χ1) is 5.93. The minimum absolute atomic E-state index is 1.09. The first kappa shape index (κ1) is 9.83. The van der Waals surface area contributed by atoms with E-state index in [2.05, 4.69) is 13.0 Å². The van der Waals surface area contributed by atoms with Gasteiger partial charge in [-0.15, -0.1) is 0 Å². The van der Waals surface area contributed by atoms with E-state index in [4.69, 9.17) is 0 Å². The van der Waals surface area contributed by atoms with Crippen LogP contribution in [-0.2, 0) is 0 Å². The number of allylic oxidation sites excluding steroid dienone is 2. The van der Waals surface area contributed by atoms with E-state index in [1.54, 1.807) is 5.57 Å². The van der Waals surface area contributed by atoms with E-state index in [1.165, 1.54) is 51.4 Å². The Morgan fingerprint density at radius 2 is 2.00 bits per heavy atom. The van der Waals surface area contributed by atoms with Crippen LogP contribution in [0.5, 0.6) is 0 Å². The highest BCUT2D eigenvalue weighted by Gasteiger charge is 2.00. The Kier molecular flexibility index (Phi) is 5.14. The van der Waals surface area contributed by atoms with Gasteiger partial charge in [-0.05, 0) is 38.5 Å². The second-order valence-electron chi connectivity index (χ2n) is 3.77. The molecule has 1 aliphatic rings. The smallest absolute Gasteiger partial charge is 0.0320 e. The van der Waals surface area contributed by atoms with E-state index >= 15 is 0 Å². The highest BCUT2D eigenvalue weighted by Crippen LogP contribution is 2.20. The van der Waals surface area contributed by atoms with Gasteiger partial charge in [0.15, 0.2) is 0 Å². The van der Waals surface area contributed by atoms with Crippen LogP contribution in [0.2, 0.25) is 0 Å². The number of unbranched alkanes of at least 4 members (excludes halogenated alkanes) is 1. The summed E-state index contributed by atoms with van der Waals surface area (Å²) >= 11 is 0. The molecule has 0 atom stereocenters. The Hall–Kier alpha value is -0.260. The number of rotatable bonds is 3. The van der Waals surface area contributed by atoms with Gasteiger partial charge >= 0.3 is 0 Å². The van der Waals surface area contributed by atoms with Crippen molar-refractivity contribution in [3.8, 4) is 0 Å². The van der Waals surface area contributed by atoms with Crippen LogP contribution in [0.1, 0.15) is 57.8 Å². The van der Waals surface area contributed by atoms with Gasteiger partial charge in [0.1, 0.15) is 0 Å². The molecule has 1 radical (unpaired) electrons. The molecule has 0 saturated heterocycles. The molecule has 0 aromatic carbocycles. The number of hydrogen-bond acceptors (Lipinski definition) is 0. The minimum atomic E-state index is 1.09. The topological polar surface area (TPSA) is 0 Å². The molecule has 0 amide bonds. The molecule has 12 heavy (non-hydrogen) atoms. The molecule has 69 valence electrons. The summed E-state index contributed by atoms with van der Waals surface area (Å²) < 4.78 is 0. The summed E-state index contributed by atoms with van der Waals surface area (Å²) in [6, 6.07) is 0. The zero-order valence-corrected chi connectivity index (χ0v) is 8.15. The van der Waals surface area contributed by atoms with Crippen LogP contribution >= 0.6 is 0 Å². The molecule has 0 aliphatic heterocycles. The lowest BCUT2D eigenvalue weighted by Crippen LogP contribution is -1.90. The molecule has 1 aliphatic carbocycles. The lowest BCUT2D eigenvalue weighted by molar-refractivity contribution is 0.609. The first-order valence-corrected chi connectivity index (χ1v) is 5.40. The Morgan fingerprint density at radius 3 is 2.83 bits per heavy atom. The molecule has 0 aromatic heterocycles. The molecule has 0 saturated carbocycles. The van der Waals surface area contributed by atoms with Crippen LogP contribution in [0.15, 0.2) is 11.6 Å². The second kappa shape index (κ2) is 6.28. The summed E-state index contributed by atoms with van der Waals surface area (Å²) in [5, 5.41) is 0. The average molecular weight is 165 g/mol. The quantitative estimate of drug-likeness (QED) is 0.548. The fourth-order valence-corrected chi connectivity index (χ4v) is 1.84. The third-order valence-electron chi connectivity index (χ3n) is 2.63.